The zero-order chi connectivity index (χ0) is 14.3. The van der Waals surface area contributed by atoms with Gasteiger partial charge < -0.3 is 10.2 Å². The fourth-order valence-electron chi connectivity index (χ4n) is 1.98. The molecule has 0 spiro atoms. The van der Waals surface area contributed by atoms with Gasteiger partial charge in [-0.3, -0.25) is 0 Å². The van der Waals surface area contributed by atoms with Crippen LogP contribution >= 0.6 is 0 Å². The lowest BCUT2D eigenvalue weighted by Gasteiger charge is -2.17. The van der Waals surface area contributed by atoms with Crippen molar-refractivity contribution in [2.45, 2.75) is 53.4 Å². The van der Waals surface area contributed by atoms with E-state index in [4.69, 9.17) is 10.6 Å². The van der Waals surface area contributed by atoms with E-state index in [0.29, 0.717) is 30.0 Å². The monoisotopic (exact) mass is 266 g/mol. The third kappa shape index (κ3) is 4.67. The van der Waals surface area contributed by atoms with Crippen LogP contribution in [0.25, 0.3) is 0 Å². The van der Waals surface area contributed by atoms with Gasteiger partial charge in [-0.05, 0) is 26.2 Å². The van der Waals surface area contributed by atoms with Crippen LogP contribution in [0.3, 0.4) is 0 Å². The number of hydrogen-bond donors (Lipinski definition) is 2. The molecule has 0 aliphatic carbocycles. The van der Waals surface area contributed by atoms with Gasteiger partial charge in [0, 0.05) is 0 Å². The van der Waals surface area contributed by atoms with Crippen LogP contribution in [0.1, 0.15) is 50.9 Å². The summed E-state index contributed by atoms with van der Waals surface area (Å²) in [5.74, 6) is 7.95. The van der Waals surface area contributed by atoms with Gasteiger partial charge in [0.2, 0.25) is 5.88 Å². The Kier molecular flexibility index (Phi) is 6.56. The van der Waals surface area contributed by atoms with Crippen LogP contribution in [0.4, 0.5) is 5.82 Å². The first-order valence-corrected chi connectivity index (χ1v) is 7.06. The molecule has 1 heterocycles. The Morgan fingerprint density at radius 1 is 1.26 bits per heavy atom. The zero-order valence-corrected chi connectivity index (χ0v) is 12.5. The van der Waals surface area contributed by atoms with Crippen LogP contribution in [0.15, 0.2) is 0 Å². The lowest BCUT2D eigenvalue weighted by molar-refractivity contribution is 0.224. The molecular weight excluding hydrogens is 240 g/mol. The summed E-state index contributed by atoms with van der Waals surface area (Å²) in [6.07, 6.45) is 4.81. The number of nitrogens with zero attached hydrogens (tertiary/aromatic N) is 2. The van der Waals surface area contributed by atoms with Crippen molar-refractivity contribution in [2.24, 2.45) is 11.8 Å². The first-order chi connectivity index (χ1) is 9.12. The van der Waals surface area contributed by atoms with Crippen molar-refractivity contribution in [1.82, 2.24) is 9.97 Å². The average Bonchev–Trinajstić information content (AvgIpc) is 2.42. The Labute approximate surface area is 115 Å². The lowest BCUT2D eigenvalue weighted by atomic mass is 10.0. The standard InChI is InChI=1S/C14H26N4O/c1-5-7-8-12(6-2)9-19-14-10(3)13(18-15)16-11(4)17-14/h12H,5-9,15H2,1-4H3,(H,16,17,18). The molecule has 0 saturated heterocycles. The van der Waals surface area contributed by atoms with Gasteiger partial charge in [-0.15, -0.1) is 0 Å². The number of anilines is 1. The molecule has 1 unspecified atom stereocenters. The minimum atomic E-state index is 0.587. The van der Waals surface area contributed by atoms with E-state index in [0.717, 1.165) is 12.0 Å². The molecule has 0 aliphatic heterocycles. The van der Waals surface area contributed by atoms with Gasteiger partial charge in [0.25, 0.3) is 0 Å². The van der Waals surface area contributed by atoms with Crippen LogP contribution in [0.5, 0.6) is 5.88 Å². The molecule has 0 amide bonds. The summed E-state index contributed by atoms with van der Waals surface area (Å²) in [7, 11) is 0. The molecule has 0 aromatic carbocycles. The van der Waals surface area contributed by atoms with Crippen molar-refractivity contribution >= 4 is 5.82 Å². The van der Waals surface area contributed by atoms with E-state index in [2.05, 4.69) is 29.2 Å². The van der Waals surface area contributed by atoms with E-state index in [1.54, 1.807) is 0 Å². The van der Waals surface area contributed by atoms with Crippen LogP contribution < -0.4 is 16.0 Å². The number of nitrogens with one attached hydrogen (secondary N) is 1. The van der Waals surface area contributed by atoms with E-state index < -0.39 is 0 Å². The highest BCUT2D eigenvalue weighted by Gasteiger charge is 2.12. The van der Waals surface area contributed by atoms with E-state index in [-0.39, 0.29) is 0 Å². The summed E-state index contributed by atoms with van der Waals surface area (Å²) >= 11 is 0. The van der Waals surface area contributed by atoms with Crippen molar-refractivity contribution in [3.63, 3.8) is 0 Å². The number of rotatable bonds is 8. The predicted octanol–water partition coefficient (Wildman–Crippen LogP) is 2.97. The Bertz CT molecular complexity index is 395. The molecule has 1 atom stereocenters. The first kappa shape index (κ1) is 15.7. The van der Waals surface area contributed by atoms with Crippen LogP contribution in [-0.4, -0.2) is 16.6 Å². The second kappa shape index (κ2) is 7.94. The number of nitrogens with two attached hydrogens (primary N) is 1. The van der Waals surface area contributed by atoms with Crippen molar-refractivity contribution in [3.8, 4) is 5.88 Å². The summed E-state index contributed by atoms with van der Waals surface area (Å²) in [5, 5.41) is 0. The molecular formula is C14H26N4O. The third-order valence-corrected chi connectivity index (χ3v) is 3.35. The second-order valence-electron chi connectivity index (χ2n) is 4.92. The highest BCUT2D eigenvalue weighted by Crippen LogP contribution is 2.22. The maximum Gasteiger partial charge on any atom is 0.221 e. The van der Waals surface area contributed by atoms with Gasteiger partial charge in [-0.25, -0.2) is 10.8 Å². The van der Waals surface area contributed by atoms with Crippen molar-refractivity contribution in [3.05, 3.63) is 11.4 Å². The Morgan fingerprint density at radius 3 is 2.58 bits per heavy atom. The summed E-state index contributed by atoms with van der Waals surface area (Å²) < 4.78 is 5.86. The molecule has 0 bridgehead atoms. The number of aryl methyl sites for hydroxylation is 1. The molecule has 0 fully saturated rings. The molecule has 0 saturated carbocycles. The maximum atomic E-state index is 5.86. The number of aromatic nitrogens is 2. The topological polar surface area (TPSA) is 73.1 Å². The Balaban J connectivity index is 2.68. The number of unbranched alkanes of at least 4 members (excludes halogenated alkanes) is 1. The molecule has 3 N–H and O–H groups in total. The second-order valence-corrected chi connectivity index (χ2v) is 4.92. The van der Waals surface area contributed by atoms with Crippen LogP contribution in [-0.2, 0) is 0 Å². The predicted molar refractivity (Wildman–Crippen MR) is 78.1 cm³/mol. The summed E-state index contributed by atoms with van der Waals surface area (Å²) in [6, 6.07) is 0. The highest BCUT2D eigenvalue weighted by atomic mass is 16.5. The largest absolute Gasteiger partial charge is 0.477 e. The molecule has 19 heavy (non-hydrogen) atoms. The summed E-state index contributed by atoms with van der Waals surface area (Å²) in [4.78, 5) is 8.56. The van der Waals surface area contributed by atoms with Crippen LogP contribution in [0, 0.1) is 19.8 Å². The normalized spacial score (nSPS) is 12.3. The molecule has 0 aliphatic rings. The first-order valence-electron chi connectivity index (χ1n) is 7.06. The van der Waals surface area contributed by atoms with Crippen molar-refractivity contribution < 1.29 is 4.74 Å². The van der Waals surface area contributed by atoms with E-state index >= 15 is 0 Å². The van der Waals surface area contributed by atoms with Gasteiger partial charge in [0.1, 0.15) is 11.6 Å². The lowest BCUT2D eigenvalue weighted by Crippen LogP contribution is -2.16. The SMILES string of the molecule is CCCCC(CC)COc1nc(C)nc(NN)c1C. The minimum Gasteiger partial charge on any atom is -0.477 e. The molecule has 1 rings (SSSR count). The minimum absolute atomic E-state index is 0.587. The molecule has 5 heteroatoms. The number of ether oxygens (including phenoxy) is 1. The van der Waals surface area contributed by atoms with Gasteiger partial charge in [-0.1, -0.05) is 33.1 Å². The number of hydrazine groups is 1. The zero-order valence-electron chi connectivity index (χ0n) is 12.5. The van der Waals surface area contributed by atoms with E-state index in [9.17, 15) is 0 Å². The highest BCUT2D eigenvalue weighted by molar-refractivity contribution is 5.47. The van der Waals surface area contributed by atoms with Crippen molar-refractivity contribution in [1.29, 1.82) is 0 Å². The van der Waals surface area contributed by atoms with Gasteiger partial charge in [0.05, 0.1) is 12.2 Å². The van der Waals surface area contributed by atoms with Crippen molar-refractivity contribution in [2.75, 3.05) is 12.0 Å². The molecule has 1 aromatic heterocycles. The average molecular weight is 266 g/mol. The van der Waals surface area contributed by atoms with Gasteiger partial charge >= 0.3 is 0 Å². The summed E-state index contributed by atoms with van der Waals surface area (Å²) in [5.41, 5.74) is 3.44. The number of nitrogen functional groups attached to an aromatic ring is 1. The summed E-state index contributed by atoms with van der Waals surface area (Å²) in [6.45, 7) is 8.87. The molecule has 1 aromatic rings. The molecule has 5 nitrogen and oxygen atoms in total. The Hall–Kier alpha value is -1.36. The van der Waals surface area contributed by atoms with E-state index in [1.165, 1.54) is 19.3 Å². The molecule has 0 radical (unpaired) electrons. The van der Waals surface area contributed by atoms with Crippen LogP contribution in [0.2, 0.25) is 0 Å². The quantitative estimate of drug-likeness (QED) is 0.559. The fraction of sp³-hybridized carbons (Fsp3) is 0.714. The number of hydrogen-bond acceptors (Lipinski definition) is 5. The maximum absolute atomic E-state index is 5.86. The fourth-order valence-corrected chi connectivity index (χ4v) is 1.98. The van der Waals surface area contributed by atoms with Gasteiger partial charge in [-0.2, -0.15) is 4.98 Å². The molecule has 108 valence electrons. The van der Waals surface area contributed by atoms with E-state index in [1.807, 2.05) is 13.8 Å². The Morgan fingerprint density at radius 2 is 2.00 bits per heavy atom. The third-order valence-electron chi connectivity index (χ3n) is 3.35. The smallest absolute Gasteiger partial charge is 0.221 e. The van der Waals surface area contributed by atoms with Gasteiger partial charge in [0.15, 0.2) is 0 Å².